The van der Waals surface area contributed by atoms with E-state index in [1.54, 1.807) is 12.1 Å². The van der Waals surface area contributed by atoms with Gasteiger partial charge in [0.2, 0.25) is 0 Å². The first-order chi connectivity index (χ1) is 7.47. The maximum absolute atomic E-state index is 12.5. The molecule has 0 atom stereocenters. The van der Waals surface area contributed by atoms with Crippen molar-refractivity contribution >= 4 is 0 Å². The first-order valence-corrected chi connectivity index (χ1v) is 5.05. The van der Waals surface area contributed by atoms with Crippen LogP contribution in [0.5, 0.6) is 0 Å². The molecule has 0 aromatic heterocycles. The summed E-state index contributed by atoms with van der Waals surface area (Å²) in [7, 11) is 0. The van der Waals surface area contributed by atoms with E-state index in [4.69, 9.17) is 0 Å². The smallest absolute Gasteiger partial charge is 0.166 e. The number of alkyl halides is 3. The summed E-state index contributed by atoms with van der Waals surface area (Å²) in [6.07, 6.45) is -3.70. The summed E-state index contributed by atoms with van der Waals surface area (Å²) in [5.74, 6) is 0. The maximum Gasteiger partial charge on any atom is 0.438 e. The van der Waals surface area contributed by atoms with Crippen molar-refractivity contribution in [1.29, 1.82) is 0 Å². The van der Waals surface area contributed by atoms with E-state index in [-0.39, 0.29) is 6.42 Å². The van der Waals surface area contributed by atoms with Gasteiger partial charge in [0.1, 0.15) is 0 Å². The predicted molar refractivity (Wildman–Crippen MR) is 53.2 cm³/mol. The van der Waals surface area contributed by atoms with E-state index in [1.165, 1.54) is 0 Å². The van der Waals surface area contributed by atoms with Gasteiger partial charge < -0.3 is 0 Å². The molecule has 2 rings (SSSR count). The van der Waals surface area contributed by atoms with Gasteiger partial charge in [0.15, 0.2) is 0 Å². The number of halogens is 3. The van der Waals surface area contributed by atoms with Crippen LogP contribution in [0.15, 0.2) is 34.5 Å². The second kappa shape index (κ2) is 3.57. The van der Waals surface area contributed by atoms with Gasteiger partial charge in [0, 0.05) is 6.42 Å². The average Bonchev–Trinajstić information content (AvgIpc) is 2.99. The number of hydrogen-bond acceptors (Lipinski definition) is 2. The van der Waals surface area contributed by atoms with Crippen LogP contribution in [0, 0.1) is 0 Å². The summed E-state index contributed by atoms with van der Waals surface area (Å²) < 4.78 is 37.6. The summed E-state index contributed by atoms with van der Waals surface area (Å²) >= 11 is 0. The van der Waals surface area contributed by atoms with E-state index >= 15 is 0 Å². The Balaban J connectivity index is 2.10. The molecule has 0 saturated carbocycles. The lowest BCUT2D eigenvalue weighted by Gasteiger charge is -2.14. The highest BCUT2D eigenvalue weighted by Crippen LogP contribution is 2.46. The van der Waals surface area contributed by atoms with Gasteiger partial charge in [-0.15, -0.1) is 10.2 Å². The molecule has 0 saturated heterocycles. The molecule has 0 N–H and O–H groups in total. The van der Waals surface area contributed by atoms with Crippen LogP contribution in [0.4, 0.5) is 13.2 Å². The highest BCUT2D eigenvalue weighted by molar-refractivity contribution is 5.25. The van der Waals surface area contributed by atoms with E-state index in [0.717, 1.165) is 12.0 Å². The molecular formula is C11H11F3N2. The van der Waals surface area contributed by atoms with Crippen LogP contribution in [0.25, 0.3) is 0 Å². The molecule has 0 spiro atoms. The molecule has 1 aromatic rings. The largest absolute Gasteiger partial charge is 0.438 e. The first kappa shape index (κ1) is 11.1. The van der Waals surface area contributed by atoms with Crippen molar-refractivity contribution < 1.29 is 13.2 Å². The molecular weight excluding hydrogens is 217 g/mol. The van der Waals surface area contributed by atoms with Gasteiger partial charge in [-0.2, -0.15) is 13.2 Å². The Morgan fingerprint density at radius 1 is 1.06 bits per heavy atom. The van der Waals surface area contributed by atoms with E-state index in [2.05, 4.69) is 10.2 Å². The molecule has 0 amide bonds. The zero-order valence-electron chi connectivity index (χ0n) is 8.75. The summed E-state index contributed by atoms with van der Waals surface area (Å²) in [6, 6.07) is 7.08. The van der Waals surface area contributed by atoms with E-state index in [1.807, 2.05) is 19.1 Å². The molecule has 1 heterocycles. The minimum Gasteiger partial charge on any atom is -0.166 e. The normalized spacial score (nSPS) is 17.5. The van der Waals surface area contributed by atoms with Crippen LogP contribution in [0.3, 0.4) is 0 Å². The first-order valence-electron chi connectivity index (χ1n) is 5.05. The van der Waals surface area contributed by atoms with E-state index in [9.17, 15) is 13.2 Å². The van der Waals surface area contributed by atoms with Crippen molar-refractivity contribution in [1.82, 2.24) is 0 Å². The fourth-order valence-corrected chi connectivity index (χ4v) is 1.52. The van der Waals surface area contributed by atoms with Gasteiger partial charge in [-0.25, -0.2) is 0 Å². The average molecular weight is 228 g/mol. The molecule has 0 unspecified atom stereocenters. The number of hydrogen-bond donors (Lipinski definition) is 0. The summed E-state index contributed by atoms with van der Waals surface area (Å²) in [5, 5.41) is 6.29. The number of aryl methyl sites for hydroxylation is 1. The SMILES string of the molecule is CCc1ccc(CC2(C(F)(F)F)N=N2)cc1. The third-order valence-corrected chi connectivity index (χ3v) is 2.68. The van der Waals surface area contributed by atoms with Crippen LogP contribution in [-0.4, -0.2) is 11.8 Å². The fraction of sp³-hybridized carbons (Fsp3) is 0.455. The molecule has 0 fully saturated rings. The number of benzene rings is 1. The second-order valence-corrected chi connectivity index (χ2v) is 3.86. The van der Waals surface area contributed by atoms with Gasteiger partial charge in [-0.1, -0.05) is 31.2 Å². The van der Waals surface area contributed by atoms with E-state index in [0.29, 0.717) is 5.56 Å². The monoisotopic (exact) mass is 228 g/mol. The molecule has 1 aromatic carbocycles. The van der Waals surface area contributed by atoms with Crippen LogP contribution < -0.4 is 0 Å². The molecule has 1 aliphatic heterocycles. The van der Waals surface area contributed by atoms with Gasteiger partial charge in [0.05, 0.1) is 0 Å². The maximum atomic E-state index is 12.5. The molecule has 1 aliphatic rings. The topological polar surface area (TPSA) is 24.7 Å². The standard InChI is InChI=1S/C11H11F3N2/c1-2-8-3-5-9(6-4-8)7-10(15-16-10)11(12,13)14/h3-6H,2,7H2,1H3. The van der Waals surface area contributed by atoms with Crippen molar-refractivity contribution in [2.24, 2.45) is 10.2 Å². The van der Waals surface area contributed by atoms with Gasteiger partial charge >= 0.3 is 6.18 Å². The van der Waals surface area contributed by atoms with Crippen LogP contribution in [-0.2, 0) is 12.8 Å². The summed E-state index contributed by atoms with van der Waals surface area (Å²) in [5.41, 5.74) is -0.449. The number of rotatable bonds is 3. The lowest BCUT2D eigenvalue weighted by atomic mass is 10.0. The van der Waals surface area contributed by atoms with Crippen molar-refractivity contribution in [3.05, 3.63) is 35.4 Å². The minimum atomic E-state index is -4.38. The van der Waals surface area contributed by atoms with Crippen LogP contribution >= 0.6 is 0 Å². The molecule has 0 bridgehead atoms. The van der Waals surface area contributed by atoms with Crippen molar-refractivity contribution in [2.75, 3.05) is 0 Å². The molecule has 5 heteroatoms. The van der Waals surface area contributed by atoms with Gasteiger partial charge in [-0.05, 0) is 17.5 Å². The van der Waals surface area contributed by atoms with Crippen LogP contribution in [0.1, 0.15) is 18.1 Å². The Morgan fingerprint density at radius 2 is 1.56 bits per heavy atom. The Morgan fingerprint density at radius 3 is 1.94 bits per heavy atom. The van der Waals surface area contributed by atoms with Crippen molar-refractivity contribution in [2.45, 2.75) is 31.6 Å². The Labute approximate surface area is 91.2 Å². The third-order valence-electron chi connectivity index (χ3n) is 2.68. The predicted octanol–water partition coefficient (Wildman–Crippen LogP) is 3.52. The fourth-order valence-electron chi connectivity index (χ4n) is 1.52. The Kier molecular flexibility index (Phi) is 2.48. The molecule has 2 nitrogen and oxygen atoms in total. The highest BCUT2D eigenvalue weighted by Gasteiger charge is 2.63. The van der Waals surface area contributed by atoms with Crippen molar-refractivity contribution in [3.63, 3.8) is 0 Å². The van der Waals surface area contributed by atoms with Crippen molar-refractivity contribution in [3.8, 4) is 0 Å². The van der Waals surface area contributed by atoms with Crippen LogP contribution in [0.2, 0.25) is 0 Å². The Hall–Kier alpha value is -1.39. The minimum absolute atomic E-state index is 0.194. The Bertz CT molecular complexity index is 400. The zero-order chi connectivity index (χ0) is 11.8. The quantitative estimate of drug-likeness (QED) is 0.756. The zero-order valence-corrected chi connectivity index (χ0v) is 8.75. The highest BCUT2D eigenvalue weighted by atomic mass is 19.4. The third kappa shape index (κ3) is 1.94. The summed E-state index contributed by atoms with van der Waals surface area (Å²) in [6.45, 7) is 2.00. The van der Waals surface area contributed by atoms with Gasteiger partial charge in [0.25, 0.3) is 5.66 Å². The number of nitrogens with zero attached hydrogens (tertiary/aromatic N) is 2. The lowest BCUT2D eigenvalue weighted by molar-refractivity contribution is -0.163. The molecule has 0 radical (unpaired) electrons. The van der Waals surface area contributed by atoms with Gasteiger partial charge in [-0.3, -0.25) is 0 Å². The molecule has 86 valence electrons. The lowest BCUT2D eigenvalue weighted by Crippen LogP contribution is -2.34. The molecule has 16 heavy (non-hydrogen) atoms. The van der Waals surface area contributed by atoms with E-state index < -0.39 is 11.8 Å². The summed E-state index contributed by atoms with van der Waals surface area (Å²) in [4.78, 5) is 0. The second-order valence-electron chi connectivity index (χ2n) is 3.86. The molecule has 0 aliphatic carbocycles.